The first-order valence-corrected chi connectivity index (χ1v) is 3.35. The topological polar surface area (TPSA) is 72.5 Å². The predicted molar refractivity (Wildman–Crippen MR) is 42.9 cm³/mol. The van der Waals surface area contributed by atoms with E-state index in [4.69, 9.17) is 18.1 Å². The number of imidazole rings is 1. The smallest absolute Gasteiger partial charge is 0.160 e. The van der Waals surface area contributed by atoms with E-state index in [2.05, 4.69) is 15.0 Å². The normalized spacial score (nSPS) is 10.5. The molecule has 0 bridgehead atoms. The van der Waals surface area contributed by atoms with Gasteiger partial charge in [-0.2, -0.15) is 0 Å². The largest absolute Gasteiger partial charge is 0.336 e. The Hall–Kier alpha value is -1.43. The van der Waals surface area contributed by atoms with Gasteiger partial charge in [-0.25, -0.2) is 14.6 Å². The number of hydrogen-bond donors (Lipinski definition) is 2. The molecule has 2 aromatic rings. The van der Waals surface area contributed by atoms with Crippen molar-refractivity contribution in [3.63, 3.8) is 0 Å². The second-order valence-corrected chi connectivity index (χ2v) is 2.44. The number of rotatable bonds is 0. The first kappa shape index (κ1) is 6.29. The lowest BCUT2D eigenvalue weighted by atomic mass is 10.6. The van der Waals surface area contributed by atoms with E-state index in [1.54, 1.807) is 0 Å². The van der Waals surface area contributed by atoms with Crippen molar-refractivity contribution in [1.29, 1.82) is 0 Å². The molecule has 0 aliphatic heterocycles. The number of H-pyrrole nitrogens is 1. The lowest BCUT2D eigenvalue weighted by molar-refractivity contribution is 1.01. The first-order chi connectivity index (χ1) is 5.29. The van der Waals surface area contributed by atoms with Gasteiger partial charge in [-0.05, 0) is 0 Å². The van der Waals surface area contributed by atoms with Crippen LogP contribution in [0, 0.1) is 4.64 Å². The Balaban J connectivity index is 3.06. The Kier molecular flexibility index (Phi) is 1.16. The molecule has 0 fully saturated rings. The van der Waals surface area contributed by atoms with Crippen molar-refractivity contribution >= 4 is 23.4 Å². The second kappa shape index (κ2) is 2.03. The van der Waals surface area contributed by atoms with E-state index < -0.39 is 0 Å². The number of nitrogens with one attached hydrogen (secondary N) is 1. The molecular formula is C5H5N5S. The van der Waals surface area contributed by atoms with Gasteiger partial charge < -0.3 is 10.8 Å². The molecule has 6 heteroatoms. The second-order valence-electron chi connectivity index (χ2n) is 2.06. The van der Waals surface area contributed by atoms with Gasteiger partial charge in [0.25, 0.3) is 0 Å². The molecule has 0 amide bonds. The number of nitrogens with two attached hydrogens (primary N) is 1. The maximum Gasteiger partial charge on any atom is 0.160 e. The summed E-state index contributed by atoms with van der Waals surface area (Å²) in [5.74, 6) is 5.49. The number of aromatic amines is 1. The third kappa shape index (κ3) is 0.795. The van der Waals surface area contributed by atoms with Gasteiger partial charge in [0, 0.05) is 0 Å². The van der Waals surface area contributed by atoms with Gasteiger partial charge in [0.05, 0.1) is 6.33 Å². The molecule has 11 heavy (non-hydrogen) atoms. The SMILES string of the molecule is Nn1cnc2c(=S)nc[nH]c21. The highest BCUT2D eigenvalue weighted by Gasteiger charge is 2.00. The van der Waals surface area contributed by atoms with Gasteiger partial charge in [0.2, 0.25) is 0 Å². The summed E-state index contributed by atoms with van der Waals surface area (Å²) in [5.41, 5.74) is 1.31. The molecule has 0 aliphatic carbocycles. The van der Waals surface area contributed by atoms with E-state index in [-0.39, 0.29) is 0 Å². The number of aromatic nitrogens is 4. The summed E-state index contributed by atoms with van der Waals surface area (Å²) in [6.45, 7) is 0. The van der Waals surface area contributed by atoms with Crippen LogP contribution in [0.4, 0.5) is 0 Å². The molecular weight excluding hydrogens is 162 g/mol. The predicted octanol–water partition coefficient (Wildman–Crippen LogP) is 0.203. The molecule has 0 radical (unpaired) electrons. The molecule has 5 nitrogen and oxygen atoms in total. The van der Waals surface area contributed by atoms with Gasteiger partial charge in [-0.3, -0.25) is 0 Å². The molecule has 0 saturated heterocycles. The molecule has 3 N–H and O–H groups in total. The Morgan fingerprint density at radius 3 is 3.09 bits per heavy atom. The van der Waals surface area contributed by atoms with E-state index in [0.717, 1.165) is 0 Å². The molecule has 0 aliphatic rings. The van der Waals surface area contributed by atoms with Crippen molar-refractivity contribution in [3.05, 3.63) is 17.3 Å². The highest BCUT2D eigenvalue weighted by atomic mass is 32.1. The molecule has 2 aromatic heterocycles. The maximum absolute atomic E-state index is 5.49. The van der Waals surface area contributed by atoms with Crippen molar-refractivity contribution in [2.75, 3.05) is 5.84 Å². The fourth-order valence-electron chi connectivity index (χ4n) is 0.874. The summed E-state index contributed by atoms with van der Waals surface area (Å²) in [4.78, 5) is 10.6. The summed E-state index contributed by atoms with van der Waals surface area (Å²) in [6, 6.07) is 0. The third-order valence-electron chi connectivity index (χ3n) is 1.38. The standard InChI is InChI=1S/C5H5N5S/c6-10-2-9-3-4(10)7-1-8-5(3)11/h1-2H,6H2,(H,7,8,11). The van der Waals surface area contributed by atoms with Crippen LogP contribution >= 0.6 is 12.2 Å². The van der Waals surface area contributed by atoms with Crippen LogP contribution in [0.5, 0.6) is 0 Å². The van der Waals surface area contributed by atoms with Crippen LogP contribution < -0.4 is 5.84 Å². The molecule has 0 spiro atoms. The number of nitrogen functional groups attached to an aromatic ring is 1. The van der Waals surface area contributed by atoms with Crippen molar-refractivity contribution < 1.29 is 0 Å². The van der Waals surface area contributed by atoms with Gasteiger partial charge >= 0.3 is 0 Å². The fraction of sp³-hybridized carbons (Fsp3) is 0. The van der Waals surface area contributed by atoms with Crippen molar-refractivity contribution in [3.8, 4) is 0 Å². The maximum atomic E-state index is 5.49. The highest BCUT2D eigenvalue weighted by Crippen LogP contribution is 2.05. The van der Waals surface area contributed by atoms with Crippen LogP contribution in [0.25, 0.3) is 11.2 Å². The average Bonchev–Trinajstić information content (AvgIpc) is 2.35. The zero-order valence-corrected chi connectivity index (χ0v) is 6.30. The Bertz CT molecular complexity index is 441. The molecule has 56 valence electrons. The molecule has 0 unspecified atom stereocenters. The number of nitrogens with zero attached hydrogens (tertiary/aromatic N) is 3. The minimum atomic E-state index is 0.461. The van der Waals surface area contributed by atoms with E-state index >= 15 is 0 Å². The fourth-order valence-corrected chi connectivity index (χ4v) is 1.08. The number of fused-ring (bicyclic) bond motifs is 1. The van der Waals surface area contributed by atoms with Crippen LogP contribution in [0.3, 0.4) is 0 Å². The summed E-state index contributed by atoms with van der Waals surface area (Å²) >= 11 is 4.90. The summed E-state index contributed by atoms with van der Waals surface area (Å²) < 4.78 is 1.83. The quantitative estimate of drug-likeness (QED) is 0.434. The van der Waals surface area contributed by atoms with Gasteiger partial charge in [0.15, 0.2) is 10.3 Å². The van der Waals surface area contributed by atoms with Gasteiger partial charge in [0.1, 0.15) is 11.8 Å². The van der Waals surface area contributed by atoms with Crippen LogP contribution in [-0.2, 0) is 0 Å². The zero-order chi connectivity index (χ0) is 7.84. The Morgan fingerprint density at radius 1 is 1.55 bits per heavy atom. The Labute approximate surface area is 66.9 Å². The lowest BCUT2D eigenvalue weighted by Crippen LogP contribution is -2.06. The van der Waals surface area contributed by atoms with Crippen LogP contribution in [0.2, 0.25) is 0 Å². The first-order valence-electron chi connectivity index (χ1n) is 2.95. The minimum absolute atomic E-state index is 0.461. The van der Waals surface area contributed by atoms with Crippen LogP contribution in [0.1, 0.15) is 0 Å². The minimum Gasteiger partial charge on any atom is -0.336 e. The molecule has 0 atom stereocenters. The molecule has 2 rings (SSSR count). The summed E-state index contributed by atoms with van der Waals surface area (Å²) in [6.07, 6.45) is 2.98. The van der Waals surface area contributed by atoms with Crippen molar-refractivity contribution in [2.24, 2.45) is 0 Å². The van der Waals surface area contributed by atoms with Crippen molar-refractivity contribution in [1.82, 2.24) is 19.6 Å². The zero-order valence-electron chi connectivity index (χ0n) is 5.48. The van der Waals surface area contributed by atoms with Crippen LogP contribution in [-0.4, -0.2) is 19.6 Å². The highest BCUT2D eigenvalue weighted by molar-refractivity contribution is 7.71. The average molecular weight is 167 g/mol. The van der Waals surface area contributed by atoms with Crippen LogP contribution in [0.15, 0.2) is 12.7 Å². The lowest BCUT2D eigenvalue weighted by Gasteiger charge is -1.91. The molecule has 0 saturated carbocycles. The van der Waals surface area contributed by atoms with Gasteiger partial charge in [-0.15, -0.1) is 0 Å². The van der Waals surface area contributed by atoms with E-state index in [0.29, 0.717) is 15.8 Å². The summed E-state index contributed by atoms with van der Waals surface area (Å²) in [5, 5.41) is 0. The van der Waals surface area contributed by atoms with Gasteiger partial charge in [-0.1, -0.05) is 12.2 Å². The Morgan fingerprint density at radius 2 is 2.36 bits per heavy atom. The summed E-state index contributed by atoms with van der Waals surface area (Å²) in [7, 11) is 0. The van der Waals surface area contributed by atoms with E-state index in [1.165, 1.54) is 17.3 Å². The number of hydrogen-bond acceptors (Lipinski definition) is 4. The van der Waals surface area contributed by atoms with E-state index in [1.807, 2.05) is 0 Å². The molecule has 2 heterocycles. The third-order valence-corrected chi connectivity index (χ3v) is 1.68. The molecule has 0 aromatic carbocycles. The monoisotopic (exact) mass is 167 g/mol. The van der Waals surface area contributed by atoms with E-state index in [9.17, 15) is 0 Å². The van der Waals surface area contributed by atoms with Crippen molar-refractivity contribution in [2.45, 2.75) is 0 Å².